The van der Waals surface area contributed by atoms with Crippen LogP contribution in [0.15, 0.2) is 18.2 Å². The first-order valence-corrected chi connectivity index (χ1v) is 9.14. The molecule has 2 aliphatic rings. The molecule has 0 saturated carbocycles. The smallest absolute Gasteiger partial charge is 0.279 e. The van der Waals surface area contributed by atoms with Crippen molar-refractivity contribution in [2.75, 3.05) is 46.6 Å². The minimum Gasteiger partial charge on any atom is -0.497 e. The molecule has 1 aromatic carbocycles. The van der Waals surface area contributed by atoms with Crippen LogP contribution in [0.3, 0.4) is 0 Å². The number of hydrogen-bond donors (Lipinski definition) is 1. The summed E-state index contributed by atoms with van der Waals surface area (Å²) in [7, 11) is -1.82. The molecule has 1 aromatic rings. The first-order valence-electron chi connectivity index (χ1n) is 7.70. The molecule has 0 spiro atoms. The maximum absolute atomic E-state index is 12.3. The minimum absolute atomic E-state index is 0.117. The van der Waals surface area contributed by atoms with Crippen LogP contribution < -0.4 is 14.2 Å². The Morgan fingerprint density at radius 2 is 2.13 bits per heavy atom. The van der Waals surface area contributed by atoms with Crippen molar-refractivity contribution in [3.8, 4) is 11.5 Å². The van der Waals surface area contributed by atoms with Gasteiger partial charge in [0, 0.05) is 31.6 Å². The summed E-state index contributed by atoms with van der Waals surface area (Å²) < 4.78 is 44.7. The Labute approximate surface area is 136 Å². The van der Waals surface area contributed by atoms with Crippen molar-refractivity contribution in [1.82, 2.24) is 9.03 Å². The molecule has 0 bridgehead atoms. The highest BCUT2D eigenvalue weighted by Crippen LogP contribution is 2.30. The van der Waals surface area contributed by atoms with Crippen LogP contribution in [-0.4, -0.2) is 59.3 Å². The number of rotatable bonds is 5. The molecule has 0 radical (unpaired) electrons. The van der Waals surface area contributed by atoms with E-state index in [1.54, 1.807) is 7.11 Å². The molecule has 8 heteroatoms. The van der Waals surface area contributed by atoms with E-state index in [9.17, 15) is 8.42 Å². The Kier molecular flexibility index (Phi) is 5.05. The van der Waals surface area contributed by atoms with Gasteiger partial charge < -0.3 is 14.2 Å². The molecule has 1 atom stereocenters. The van der Waals surface area contributed by atoms with Gasteiger partial charge in [-0.1, -0.05) is 6.07 Å². The Morgan fingerprint density at radius 1 is 1.35 bits per heavy atom. The Morgan fingerprint density at radius 3 is 2.87 bits per heavy atom. The summed E-state index contributed by atoms with van der Waals surface area (Å²) in [4.78, 5) is 0. The summed E-state index contributed by atoms with van der Waals surface area (Å²) >= 11 is 0. The van der Waals surface area contributed by atoms with Gasteiger partial charge in [-0.3, -0.25) is 0 Å². The van der Waals surface area contributed by atoms with Crippen LogP contribution in [0.4, 0.5) is 0 Å². The second-order valence-electron chi connectivity index (χ2n) is 5.72. The van der Waals surface area contributed by atoms with Crippen LogP contribution in [0, 0.1) is 5.92 Å². The van der Waals surface area contributed by atoms with E-state index in [4.69, 9.17) is 14.2 Å². The largest absolute Gasteiger partial charge is 0.497 e. The zero-order chi connectivity index (χ0) is 16.3. The summed E-state index contributed by atoms with van der Waals surface area (Å²) in [5.41, 5.74) is 1.08. The maximum Gasteiger partial charge on any atom is 0.279 e. The molecule has 0 aromatic heterocycles. The van der Waals surface area contributed by atoms with Crippen molar-refractivity contribution in [3.05, 3.63) is 23.8 Å². The average molecular weight is 342 g/mol. The lowest BCUT2D eigenvalue weighted by atomic mass is 9.97. The van der Waals surface area contributed by atoms with E-state index in [1.165, 1.54) is 4.31 Å². The van der Waals surface area contributed by atoms with Gasteiger partial charge in [0.1, 0.15) is 11.5 Å². The third-order valence-electron chi connectivity index (χ3n) is 4.12. The first-order chi connectivity index (χ1) is 11.1. The number of nitrogens with zero attached hydrogens (tertiary/aromatic N) is 1. The fourth-order valence-electron chi connectivity index (χ4n) is 2.77. The quantitative estimate of drug-likeness (QED) is 0.839. The van der Waals surface area contributed by atoms with Gasteiger partial charge in [0.15, 0.2) is 0 Å². The van der Waals surface area contributed by atoms with Gasteiger partial charge in [-0.15, -0.1) is 0 Å². The molecule has 1 unspecified atom stereocenters. The fraction of sp³-hybridized carbons (Fsp3) is 0.600. The van der Waals surface area contributed by atoms with E-state index in [1.807, 2.05) is 18.2 Å². The van der Waals surface area contributed by atoms with Gasteiger partial charge in [0.05, 0.1) is 26.9 Å². The summed E-state index contributed by atoms with van der Waals surface area (Å²) in [5.74, 6) is 1.69. The molecule has 23 heavy (non-hydrogen) atoms. The van der Waals surface area contributed by atoms with Crippen LogP contribution in [0.2, 0.25) is 0 Å². The molecule has 1 saturated heterocycles. The monoisotopic (exact) mass is 342 g/mol. The third-order valence-corrected chi connectivity index (χ3v) is 5.70. The van der Waals surface area contributed by atoms with Crippen LogP contribution in [-0.2, 0) is 21.4 Å². The molecule has 1 N–H and O–H groups in total. The molecular formula is C15H22N2O5S. The number of benzene rings is 1. The summed E-state index contributed by atoms with van der Waals surface area (Å²) in [6, 6.07) is 5.72. The zero-order valence-electron chi connectivity index (χ0n) is 13.2. The van der Waals surface area contributed by atoms with Crippen LogP contribution in [0.5, 0.6) is 11.5 Å². The molecule has 2 aliphatic heterocycles. The number of ether oxygens (including phenoxy) is 3. The summed E-state index contributed by atoms with van der Waals surface area (Å²) in [6.07, 6.45) is 0.783. The maximum atomic E-state index is 12.3. The van der Waals surface area contributed by atoms with Crippen LogP contribution >= 0.6 is 0 Å². The molecular weight excluding hydrogens is 320 g/mol. The van der Waals surface area contributed by atoms with E-state index in [2.05, 4.69) is 4.72 Å². The van der Waals surface area contributed by atoms with Crippen LogP contribution in [0.1, 0.15) is 5.56 Å². The SMILES string of the molecule is COc1ccc2c(c1)OCC(CNS(=O)(=O)N1CCOCC1)C2. The third kappa shape index (κ3) is 3.95. The number of fused-ring (bicyclic) bond motifs is 1. The van der Waals surface area contributed by atoms with Crippen molar-refractivity contribution in [3.63, 3.8) is 0 Å². The van der Waals surface area contributed by atoms with Gasteiger partial charge in [-0.2, -0.15) is 12.7 Å². The second kappa shape index (κ2) is 7.04. The predicted octanol–water partition coefficient (Wildman–Crippen LogP) is 0.413. The van der Waals surface area contributed by atoms with Crippen molar-refractivity contribution < 1.29 is 22.6 Å². The number of methoxy groups -OCH3 is 1. The molecule has 0 amide bonds. The molecule has 7 nitrogen and oxygen atoms in total. The highest BCUT2D eigenvalue weighted by Gasteiger charge is 2.26. The highest BCUT2D eigenvalue weighted by atomic mass is 32.2. The van der Waals surface area contributed by atoms with Gasteiger partial charge >= 0.3 is 0 Å². The normalized spacial score (nSPS) is 22.2. The second-order valence-corrected chi connectivity index (χ2v) is 7.47. The number of hydrogen-bond acceptors (Lipinski definition) is 5. The topological polar surface area (TPSA) is 77.1 Å². The summed E-state index contributed by atoms with van der Waals surface area (Å²) in [6.45, 7) is 2.56. The first kappa shape index (κ1) is 16.5. The minimum atomic E-state index is -3.44. The van der Waals surface area contributed by atoms with E-state index < -0.39 is 10.2 Å². The Bertz CT molecular complexity index is 643. The van der Waals surface area contributed by atoms with Crippen LogP contribution in [0.25, 0.3) is 0 Å². The van der Waals surface area contributed by atoms with E-state index in [-0.39, 0.29) is 5.92 Å². The van der Waals surface area contributed by atoms with Gasteiger partial charge in [0.2, 0.25) is 0 Å². The molecule has 0 aliphatic carbocycles. The lowest BCUT2D eigenvalue weighted by molar-refractivity contribution is 0.0723. The van der Waals surface area contributed by atoms with Gasteiger partial charge in [-0.25, -0.2) is 4.72 Å². The Balaban J connectivity index is 1.57. The van der Waals surface area contributed by atoms with Gasteiger partial charge in [0.25, 0.3) is 10.2 Å². The van der Waals surface area contributed by atoms with Crippen molar-refractivity contribution in [1.29, 1.82) is 0 Å². The highest BCUT2D eigenvalue weighted by molar-refractivity contribution is 7.87. The summed E-state index contributed by atoms with van der Waals surface area (Å²) in [5, 5.41) is 0. The van der Waals surface area contributed by atoms with Crippen molar-refractivity contribution >= 4 is 10.2 Å². The van der Waals surface area contributed by atoms with Crippen molar-refractivity contribution in [2.45, 2.75) is 6.42 Å². The molecule has 1 fully saturated rings. The lowest BCUT2D eigenvalue weighted by Gasteiger charge is -2.29. The van der Waals surface area contributed by atoms with E-state index in [0.717, 1.165) is 23.5 Å². The van der Waals surface area contributed by atoms with E-state index >= 15 is 0 Å². The standard InChI is InChI=1S/C15H22N2O5S/c1-20-14-3-2-13-8-12(11-22-15(13)9-14)10-16-23(18,19)17-4-6-21-7-5-17/h2-3,9,12,16H,4-8,10-11H2,1H3. The lowest BCUT2D eigenvalue weighted by Crippen LogP contribution is -2.48. The number of morpholine rings is 1. The fourth-order valence-corrected chi connectivity index (χ4v) is 4.03. The zero-order valence-corrected chi connectivity index (χ0v) is 14.0. The molecule has 2 heterocycles. The van der Waals surface area contributed by atoms with E-state index in [0.29, 0.717) is 39.5 Å². The average Bonchev–Trinajstić information content (AvgIpc) is 2.60. The van der Waals surface area contributed by atoms with Gasteiger partial charge in [-0.05, 0) is 18.1 Å². The predicted molar refractivity (Wildman–Crippen MR) is 85.0 cm³/mol. The van der Waals surface area contributed by atoms with Crippen molar-refractivity contribution in [2.24, 2.45) is 5.92 Å². The Hall–Kier alpha value is -1.35. The molecule has 128 valence electrons. The number of nitrogens with one attached hydrogen (secondary N) is 1. The molecule has 3 rings (SSSR count).